The van der Waals surface area contributed by atoms with Crippen molar-refractivity contribution in [2.75, 3.05) is 20.2 Å². The van der Waals surface area contributed by atoms with Gasteiger partial charge in [0.1, 0.15) is 11.7 Å². The van der Waals surface area contributed by atoms with Crippen LogP contribution in [0.2, 0.25) is 0 Å². The zero-order valence-electron chi connectivity index (χ0n) is 14.2. The molecule has 0 aromatic heterocycles. The van der Waals surface area contributed by atoms with E-state index in [2.05, 4.69) is 5.32 Å². The van der Waals surface area contributed by atoms with Crippen molar-refractivity contribution in [3.05, 3.63) is 76.7 Å². The van der Waals surface area contributed by atoms with Gasteiger partial charge in [-0.2, -0.15) is 0 Å². The summed E-state index contributed by atoms with van der Waals surface area (Å²) in [6.45, 7) is 0.985. The molecule has 2 aliphatic heterocycles. The highest BCUT2D eigenvalue weighted by molar-refractivity contribution is 6.04. The number of hydrogen-bond acceptors (Lipinski definition) is 4. The Bertz CT molecular complexity index is 921. The van der Waals surface area contributed by atoms with E-state index in [0.29, 0.717) is 41.2 Å². The third-order valence-corrected chi connectivity index (χ3v) is 4.77. The highest BCUT2D eigenvalue weighted by Crippen LogP contribution is 2.41. The van der Waals surface area contributed by atoms with Gasteiger partial charge in [0.25, 0.3) is 5.91 Å². The zero-order chi connectivity index (χ0) is 18.3. The normalized spacial score (nSPS) is 18.8. The van der Waals surface area contributed by atoms with E-state index in [1.165, 1.54) is 19.2 Å². The Morgan fingerprint density at radius 1 is 1.19 bits per heavy atom. The van der Waals surface area contributed by atoms with Crippen LogP contribution in [0.25, 0.3) is 5.70 Å². The number of esters is 1. The maximum Gasteiger partial charge on any atom is 0.319 e. The molecule has 132 valence electrons. The number of carbonyl (C=O) groups excluding carboxylic acids is 2. The summed E-state index contributed by atoms with van der Waals surface area (Å²) in [5.41, 5.74) is 3.05. The average molecular weight is 352 g/mol. The van der Waals surface area contributed by atoms with Gasteiger partial charge in [-0.05, 0) is 41.5 Å². The summed E-state index contributed by atoms with van der Waals surface area (Å²) in [6.07, 6.45) is 0. The molecule has 0 bridgehead atoms. The fourth-order valence-corrected chi connectivity index (χ4v) is 3.61. The highest BCUT2D eigenvalue weighted by Gasteiger charge is 2.43. The van der Waals surface area contributed by atoms with Crippen molar-refractivity contribution in [3.63, 3.8) is 0 Å². The molecule has 2 aliphatic rings. The maximum atomic E-state index is 13.3. The lowest BCUT2D eigenvalue weighted by Gasteiger charge is -2.40. The summed E-state index contributed by atoms with van der Waals surface area (Å²) in [5.74, 6) is -1.64. The molecular weight excluding hydrogens is 335 g/mol. The summed E-state index contributed by atoms with van der Waals surface area (Å²) in [6, 6.07) is 13.1. The summed E-state index contributed by atoms with van der Waals surface area (Å²) >= 11 is 0. The van der Waals surface area contributed by atoms with Crippen molar-refractivity contribution >= 4 is 17.6 Å². The molecule has 0 saturated heterocycles. The monoisotopic (exact) mass is 352 g/mol. The predicted molar refractivity (Wildman–Crippen MR) is 93.6 cm³/mol. The number of hydrogen-bond donors (Lipinski definition) is 1. The molecule has 0 saturated carbocycles. The first-order chi connectivity index (χ1) is 12.6. The fraction of sp³-hybridized carbons (Fsp3) is 0.200. The maximum absolute atomic E-state index is 13.3. The Labute approximate surface area is 150 Å². The summed E-state index contributed by atoms with van der Waals surface area (Å²) in [7, 11) is 1.33. The first-order valence-electron chi connectivity index (χ1n) is 8.34. The number of amides is 1. The van der Waals surface area contributed by atoms with Crippen molar-refractivity contribution in [1.82, 2.24) is 10.2 Å². The van der Waals surface area contributed by atoms with Gasteiger partial charge in [-0.3, -0.25) is 9.59 Å². The number of ether oxygens (including phenoxy) is 1. The van der Waals surface area contributed by atoms with Gasteiger partial charge in [0.15, 0.2) is 0 Å². The van der Waals surface area contributed by atoms with Crippen LogP contribution in [0.15, 0.2) is 54.2 Å². The van der Waals surface area contributed by atoms with E-state index in [1.807, 2.05) is 0 Å². The fourth-order valence-electron chi connectivity index (χ4n) is 3.61. The van der Waals surface area contributed by atoms with Gasteiger partial charge in [0, 0.05) is 18.7 Å². The molecular formula is C20H17FN2O3. The van der Waals surface area contributed by atoms with Crippen LogP contribution in [-0.4, -0.2) is 37.0 Å². The standard InChI is InChI=1S/C20H17FN2O3/c1-26-20(25)16-14-4-2-3-5-15(14)19(24)23-11-10-22-17(18(16)23)12-6-8-13(21)9-7-12/h2-9,16,22H,10-11H2,1H3. The van der Waals surface area contributed by atoms with Gasteiger partial charge in [-0.25, -0.2) is 4.39 Å². The zero-order valence-corrected chi connectivity index (χ0v) is 14.2. The molecule has 1 unspecified atom stereocenters. The van der Waals surface area contributed by atoms with Gasteiger partial charge in [0.2, 0.25) is 0 Å². The van der Waals surface area contributed by atoms with Crippen molar-refractivity contribution in [2.24, 2.45) is 0 Å². The second-order valence-corrected chi connectivity index (χ2v) is 6.19. The van der Waals surface area contributed by atoms with E-state index in [1.54, 1.807) is 41.3 Å². The lowest BCUT2D eigenvalue weighted by Crippen LogP contribution is -2.48. The largest absolute Gasteiger partial charge is 0.468 e. The van der Waals surface area contributed by atoms with Crippen LogP contribution in [0, 0.1) is 5.82 Å². The van der Waals surface area contributed by atoms with Crippen molar-refractivity contribution in [1.29, 1.82) is 0 Å². The topological polar surface area (TPSA) is 58.6 Å². The van der Waals surface area contributed by atoms with E-state index < -0.39 is 11.9 Å². The van der Waals surface area contributed by atoms with Crippen LogP contribution in [0.3, 0.4) is 0 Å². The second-order valence-electron chi connectivity index (χ2n) is 6.19. The van der Waals surface area contributed by atoms with E-state index in [4.69, 9.17) is 4.74 Å². The molecule has 0 fully saturated rings. The minimum atomic E-state index is -0.721. The molecule has 5 nitrogen and oxygen atoms in total. The summed E-state index contributed by atoms with van der Waals surface area (Å²) in [4.78, 5) is 27.3. The quantitative estimate of drug-likeness (QED) is 0.844. The number of fused-ring (bicyclic) bond motifs is 2. The molecule has 1 atom stereocenters. The van der Waals surface area contributed by atoms with Gasteiger partial charge in [-0.1, -0.05) is 18.2 Å². The lowest BCUT2D eigenvalue weighted by molar-refractivity contribution is -0.141. The lowest BCUT2D eigenvalue weighted by atomic mass is 9.83. The number of rotatable bonds is 2. The van der Waals surface area contributed by atoms with Crippen LogP contribution >= 0.6 is 0 Å². The minimum Gasteiger partial charge on any atom is -0.468 e. The first-order valence-corrected chi connectivity index (χ1v) is 8.34. The van der Waals surface area contributed by atoms with Crippen molar-refractivity contribution in [3.8, 4) is 0 Å². The number of methoxy groups -OCH3 is 1. The molecule has 2 aromatic rings. The molecule has 0 radical (unpaired) electrons. The van der Waals surface area contributed by atoms with Gasteiger partial charge < -0.3 is 15.0 Å². The number of benzene rings is 2. The molecule has 6 heteroatoms. The minimum absolute atomic E-state index is 0.142. The van der Waals surface area contributed by atoms with Crippen LogP contribution in [0.5, 0.6) is 0 Å². The second kappa shape index (κ2) is 6.29. The molecule has 4 rings (SSSR count). The van der Waals surface area contributed by atoms with Gasteiger partial charge in [0.05, 0.1) is 18.5 Å². The number of nitrogens with one attached hydrogen (secondary N) is 1. The van der Waals surface area contributed by atoms with E-state index in [-0.39, 0.29) is 11.7 Å². The van der Waals surface area contributed by atoms with Crippen LogP contribution in [0.4, 0.5) is 4.39 Å². The molecule has 1 N–H and O–H groups in total. The molecule has 26 heavy (non-hydrogen) atoms. The van der Waals surface area contributed by atoms with E-state index in [9.17, 15) is 14.0 Å². The highest BCUT2D eigenvalue weighted by atomic mass is 19.1. The molecule has 1 amide bonds. The first kappa shape index (κ1) is 16.3. The van der Waals surface area contributed by atoms with Crippen molar-refractivity contribution in [2.45, 2.75) is 5.92 Å². The third kappa shape index (κ3) is 2.45. The molecule has 0 spiro atoms. The summed E-state index contributed by atoms with van der Waals surface area (Å²) in [5, 5.41) is 3.27. The Morgan fingerprint density at radius 3 is 2.65 bits per heavy atom. The van der Waals surface area contributed by atoms with Crippen molar-refractivity contribution < 1.29 is 18.7 Å². The van der Waals surface area contributed by atoms with Crippen LogP contribution in [0.1, 0.15) is 27.4 Å². The van der Waals surface area contributed by atoms with E-state index in [0.717, 1.165) is 0 Å². The Balaban J connectivity index is 1.98. The van der Waals surface area contributed by atoms with Gasteiger partial charge >= 0.3 is 5.97 Å². The number of halogens is 1. The third-order valence-electron chi connectivity index (χ3n) is 4.77. The van der Waals surface area contributed by atoms with Crippen LogP contribution in [-0.2, 0) is 9.53 Å². The number of carbonyl (C=O) groups is 2. The van der Waals surface area contributed by atoms with Gasteiger partial charge in [-0.15, -0.1) is 0 Å². The molecule has 2 heterocycles. The Morgan fingerprint density at radius 2 is 1.92 bits per heavy atom. The summed E-state index contributed by atoms with van der Waals surface area (Å²) < 4.78 is 18.4. The molecule has 0 aliphatic carbocycles. The predicted octanol–water partition coefficient (Wildman–Crippen LogP) is 2.51. The Hall–Kier alpha value is -3.15. The van der Waals surface area contributed by atoms with E-state index >= 15 is 0 Å². The smallest absolute Gasteiger partial charge is 0.319 e. The number of nitrogens with zero attached hydrogens (tertiary/aromatic N) is 1. The molecule has 2 aromatic carbocycles. The van der Waals surface area contributed by atoms with Crippen LogP contribution < -0.4 is 5.32 Å². The SMILES string of the molecule is COC(=O)C1C2=C(c3ccc(F)cc3)NCCN2C(=O)c2ccccc21. The Kier molecular flexibility index (Phi) is 3.95. The average Bonchev–Trinajstić information content (AvgIpc) is 2.68.